The van der Waals surface area contributed by atoms with Crippen LogP contribution >= 0.6 is 0 Å². The Morgan fingerprint density at radius 1 is 1.13 bits per heavy atom. The van der Waals surface area contributed by atoms with Crippen LogP contribution in [0.25, 0.3) is 0 Å². The van der Waals surface area contributed by atoms with Crippen molar-refractivity contribution in [3.63, 3.8) is 0 Å². The summed E-state index contributed by atoms with van der Waals surface area (Å²) >= 11 is 0. The van der Waals surface area contributed by atoms with Crippen LogP contribution < -0.4 is 9.46 Å². The minimum absolute atomic E-state index is 0.00247. The van der Waals surface area contributed by atoms with Gasteiger partial charge in [-0.05, 0) is 56.0 Å². The lowest BCUT2D eigenvalue weighted by Gasteiger charge is -2.20. The molecule has 1 aliphatic carbocycles. The zero-order chi connectivity index (χ0) is 21.9. The Balaban J connectivity index is 1.84. The summed E-state index contributed by atoms with van der Waals surface area (Å²) in [5, 5.41) is 0. The summed E-state index contributed by atoms with van der Waals surface area (Å²) in [5.41, 5.74) is 3.66. The molecule has 2 aromatic carbocycles. The van der Waals surface area contributed by atoms with Crippen molar-refractivity contribution in [1.82, 2.24) is 9.62 Å². The molecule has 1 fully saturated rings. The highest BCUT2D eigenvalue weighted by Crippen LogP contribution is 2.28. The minimum Gasteiger partial charge on any atom is -0.495 e. The first-order valence-corrected chi connectivity index (χ1v) is 11.7. The van der Waals surface area contributed by atoms with E-state index >= 15 is 0 Å². The third-order valence-electron chi connectivity index (χ3n) is 5.63. The van der Waals surface area contributed by atoms with Crippen LogP contribution in [0.4, 0.5) is 0 Å². The molecule has 0 saturated heterocycles. The van der Waals surface area contributed by atoms with E-state index in [1.54, 1.807) is 24.1 Å². The molecular weight excluding hydrogens is 400 g/mol. The molecule has 162 valence electrons. The van der Waals surface area contributed by atoms with Gasteiger partial charge in [0.25, 0.3) is 5.91 Å². The van der Waals surface area contributed by atoms with Crippen molar-refractivity contribution in [1.29, 1.82) is 0 Å². The van der Waals surface area contributed by atoms with Gasteiger partial charge in [-0.2, -0.15) is 0 Å². The second-order valence-corrected chi connectivity index (χ2v) is 9.74. The summed E-state index contributed by atoms with van der Waals surface area (Å²) in [5.74, 6) is -0.0102. The van der Waals surface area contributed by atoms with Gasteiger partial charge in [0.15, 0.2) is 0 Å². The first-order chi connectivity index (χ1) is 14.2. The summed E-state index contributed by atoms with van der Waals surface area (Å²) in [7, 11) is -0.637. The van der Waals surface area contributed by atoms with Gasteiger partial charge in [0.05, 0.1) is 7.11 Å². The summed E-state index contributed by atoms with van der Waals surface area (Å²) in [4.78, 5) is 14.6. The molecule has 1 saturated carbocycles. The molecule has 0 spiro atoms. The van der Waals surface area contributed by atoms with Crippen LogP contribution in [0.1, 0.15) is 52.7 Å². The van der Waals surface area contributed by atoms with E-state index < -0.39 is 10.0 Å². The van der Waals surface area contributed by atoms with Gasteiger partial charge in [-0.15, -0.1) is 0 Å². The van der Waals surface area contributed by atoms with Crippen molar-refractivity contribution in [2.75, 3.05) is 14.2 Å². The number of sulfonamides is 1. The molecular formula is C23H30N2O4S. The van der Waals surface area contributed by atoms with Gasteiger partial charge in [-0.1, -0.05) is 36.6 Å². The third-order valence-corrected chi connectivity index (χ3v) is 7.17. The SMILES string of the molecule is COc1ccc(C(=O)N(C)Cc2ccc(C)cc2C)cc1S(=O)(=O)NC1CCCC1. The number of nitrogens with zero attached hydrogens (tertiary/aromatic N) is 1. The molecule has 3 rings (SSSR count). The number of aryl methyl sites for hydroxylation is 2. The number of amides is 1. The smallest absolute Gasteiger partial charge is 0.253 e. The maximum absolute atomic E-state index is 13.0. The van der Waals surface area contributed by atoms with E-state index in [0.717, 1.165) is 36.8 Å². The molecule has 0 aromatic heterocycles. The first kappa shape index (κ1) is 22.3. The molecule has 0 bridgehead atoms. The Kier molecular flexibility index (Phi) is 6.83. The zero-order valence-corrected chi connectivity index (χ0v) is 18.9. The molecule has 7 heteroatoms. The summed E-state index contributed by atoms with van der Waals surface area (Å²) in [6, 6.07) is 10.6. The lowest BCUT2D eigenvalue weighted by Crippen LogP contribution is -2.33. The summed E-state index contributed by atoms with van der Waals surface area (Å²) < 4.78 is 34.0. The summed E-state index contributed by atoms with van der Waals surface area (Å²) in [6.45, 7) is 4.50. The monoisotopic (exact) mass is 430 g/mol. The average molecular weight is 431 g/mol. The fourth-order valence-corrected chi connectivity index (χ4v) is 5.42. The molecule has 1 amide bonds. The molecule has 0 heterocycles. The number of ether oxygens (including phenoxy) is 1. The maximum atomic E-state index is 13.0. The van der Waals surface area contributed by atoms with Gasteiger partial charge < -0.3 is 9.64 Å². The van der Waals surface area contributed by atoms with Gasteiger partial charge in [-0.25, -0.2) is 13.1 Å². The highest BCUT2D eigenvalue weighted by atomic mass is 32.2. The molecule has 6 nitrogen and oxygen atoms in total. The fraction of sp³-hybridized carbons (Fsp3) is 0.435. The van der Waals surface area contributed by atoms with Crippen LogP contribution in [-0.4, -0.2) is 39.4 Å². The van der Waals surface area contributed by atoms with E-state index in [0.29, 0.717) is 12.1 Å². The number of nitrogens with one attached hydrogen (secondary N) is 1. The molecule has 0 unspecified atom stereocenters. The van der Waals surface area contributed by atoms with E-state index in [4.69, 9.17) is 4.74 Å². The van der Waals surface area contributed by atoms with E-state index in [2.05, 4.69) is 10.8 Å². The maximum Gasteiger partial charge on any atom is 0.253 e. The van der Waals surface area contributed by atoms with Crippen LogP contribution in [-0.2, 0) is 16.6 Å². The third kappa shape index (κ3) is 5.02. The Hall–Kier alpha value is -2.38. The van der Waals surface area contributed by atoms with Crippen LogP contribution in [0.3, 0.4) is 0 Å². The van der Waals surface area contributed by atoms with Gasteiger partial charge in [0, 0.05) is 25.2 Å². The molecule has 2 aromatic rings. The predicted octanol–water partition coefficient (Wildman–Crippen LogP) is 3.81. The van der Waals surface area contributed by atoms with Crippen molar-refractivity contribution in [3.8, 4) is 5.75 Å². The van der Waals surface area contributed by atoms with Gasteiger partial charge in [0.1, 0.15) is 10.6 Å². The van der Waals surface area contributed by atoms with E-state index in [9.17, 15) is 13.2 Å². The average Bonchev–Trinajstić information content (AvgIpc) is 3.21. The standard InChI is InChI=1S/C23H30N2O4S/c1-16-9-10-19(17(2)13-16)15-25(3)23(26)18-11-12-21(29-4)22(14-18)30(27,28)24-20-7-5-6-8-20/h9-14,20,24H,5-8,15H2,1-4H3. The Bertz CT molecular complexity index is 1030. The van der Waals surface area contributed by atoms with Gasteiger partial charge in [0.2, 0.25) is 10.0 Å². The summed E-state index contributed by atoms with van der Waals surface area (Å²) in [6.07, 6.45) is 3.70. The number of carbonyl (C=O) groups is 1. The topological polar surface area (TPSA) is 75.7 Å². The largest absolute Gasteiger partial charge is 0.495 e. The minimum atomic E-state index is -3.78. The first-order valence-electron chi connectivity index (χ1n) is 10.2. The number of carbonyl (C=O) groups excluding carboxylic acids is 1. The van der Waals surface area contributed by atoms with E-state index in [1.165, 1.54) is 18.7 Å². The van der Waals surface area contributed by atoms with Crippen LogP contribution in [0, 0.1) is 13.8 Å². The highest BCUT2D eigenvalue weighted by molar-refractivity contribution is 7.89. The van der Waals surface area contributed by atoms with Crippen LogP contribution in [0.2, 0.25) is 0 Å². The molecule has 0 atom stereocenters. The van der Waals surface area contributed by atoms with Crippen molar-refractivity contribution in [2.24, 2.45) is 0 Å². The van der Waals surface area contributed by atoms with Crippen LogP contribution in [0.5, 0.6) is 5.75 Å². The molecule has 1 aliphatic rings. The normalized spacial score (nSPS) is 14.7. The van der Waals surface area contributed by atoms with E-state index in [1.807, 2.05) is 26.0 Å². The second-order valence-electron chi connectivity index (χ2n) is 8.06. The Labute approximate surface area is 179 Å². The number of methoxy groups -OCH3 is 1. The lowest BCUT2D eigenvalue weighted by atomic mass is 10.1. The molecule has 1 N–H and O–H groups in total. The quantitative estimate of drug-likeness (QED) is 0.725. The molecule has 0 radical (unpaired) electrons. The number of hydrogen-bond donors (Lipinski definition) is 1. The second kappa shape index (κ2) is 9.18. The number of rotatable bonds is 7. The molecule has 30 heavy (non-hydrogen) atoms. The van der Waals surface area contributed by atoms with Crippen LogP contribution in [0.15, 0.2) is 41.3 Å². The Morgan fingerprint density at radius 2 is 1.83 bits per heavy atom. The van der Waals surface area contributed by atoms with Gasteiger partial charge >= 0.3 is 0 Å². The lowest BCUT2D eigenvalue weighted by molar-refractivity contribution is 0.0784. The van der Waals surface area contributed by atoms with E-state index in [-0.39, 0.29) is 22.6 Å². The number of hydrogen-bond acceptors (Lipinski definition) is 4. The van der Waals surface area contributed by atoms with Crippen molar-refractivity contribution in [3.05, 3.63) is 58.7 Å². The Morgan fingerprint density at radius 3 is 2.47 bits per heavy atom. The molecule has 0 aliphatic heterocycles. The van der Waals surface area contributed by atoms with Gasteiger partial charge in [-0.3, -0.25) is 4.79 Å². The van der Waals surface area contributed by atoms with Crippen molar-refractivity contribution in [2.45, 2.75) is 57.0 Å². The fourth-order valence-electron chi connectivity index (χ4n) is 3.92. The highest BCUT2D eigenvalue weighted by Gasteiger charge is 2.27. The van der Waals surface area contributed by atoms with Crippen molar-refractivity contribution < 1.29 is 17.9 Å². The number of benzene rings is 2. The zero-order valence-electron chi connectivity index (χ0n) is 18.1. The predicted molar refractivity (Wildman–Crippen MR) is 117 cm³/mol. The van der Waals surface area contributed by atoms with Crippen molar-refractivity contribution >= 4 is 15.9 Å².